The number of carbonyl (C=O) groups is 2. The second-order valence-electron chi connectivity index (χ2n) is 7.79. The maximum atomic E-state index is 13.1. The monoisotopic (exact) mass is 476 g/mol. The van der Waals surface area contributed by atoms with Crippen molar-refractivity contribution in [1.82, 2.24) is 9.97 Å². The van der Waals surface area contributed by atoms with Gasteiger partial charge in [-0.2, -0.15) is 0 Å². The van der Waals surface area contributed by atoms with Crippen molar-refractivity contribution < 1.29 is 19.1 Å². The molecule has 1 amide bonds. The summed E-state index contributed by atoms with van der Waals surface area (Å²) in [6.07, 6.45) is 2.74. The minimum absolute atomic E-state index is 0.173. The van der Waals surface area contributed by atoms with Crippen LogP contribution in [0.3, 0.4) is 0 Å². The molecule has 0 aliphatic rings. The highest BCUT2D eigenvalue weighted by molar-refractivity contribution is 6.39. The first kappa shape index (κ1) is 23.6. The number of pyridine rings is 2. The van der Waals surface area contributed by atoms with Crippen LogP contribution >= 0.6 is 23.2 Å². The molecule has 0 aliphatic heterocycles. The first-order valence-electron chi connectivity index (χ1n) is 9.63. The molecule has 0 radical (unpaired) electrons. The van der Waals surface area contributed by atoms with Crippen LogP contribution in [0.25, 0.3) is 10.9 Å². The fourth-order valence-electron chi connectivity index (χ4n) is 2.89. The van der Waals surface area contributed by atoms with Gasteiger partial charge >= 0.3 is 5.97 Å². The normalized spacial score (nSPS) is 11.2. The maximum absolute atomic E-state index is 13.1. The summed E-state index contributed by atoms with van der Waals surface area (Å²) in [7, 11) is 1.53. The van der Waals surface area contributed by atoms with Gasteiger partial charge in [0.05, 0.1) is 28.4 Å². The van der Waals surface area contributed by atoms with Gasteiger partial charge in [-0.1, -0.05) is 35.3 Å². The van der Waals surface area contributed by atoms with Crippen LogP contribution in [-0.2, 0) is 9.53 Å². The average Bonchev–Trinajstić information content (AvgIpc) is 2.72. The molecule has 0 aliphatic carbocycles. The Balaban J connectivity index is 2.00. The largest absolute Gasteiger partial charge is 0.494 e. The SMILES string of the molecule is COc1cccc2cc(C(=O)Nc3c(Cl)cncc3Cl)c(NCC(=O)OC(C)(C)C)nc12. The summed E-state index contributed by atoms with van der Waals surface area (Å²) in [6.45, 7) is 5.11. The van der Waals surface area contributed by atoms with E-state index >= 15 is 0 Å². The highest BCUT2D eigenvalue weighted by Gasteiger charge is 2.21. The van der Waals surface area contributed by atoms with Crippen molar-refractivity contribution in [2.45, 2.75) is 26.4 Å². The number of aromatic nitrogens is 2. The zero-order valence-electron chi connectivity index (χ0n) is 18.0. The topological polar surface area (TPSA) is 102 Å². The third-order valence-electron chi connectivity index (χ3n) is 4.19. The van der Waals surface area contributed by atoms with E-state index in [2.05, 4.69) is 20.6 Å². The van der Waals surface area contributed by atoms with Gasteiger partial charge in [0.25, 0.3) is 5.91 Å². The molecule has 10 heteroatoms. The number of hydrogen-bond acceptors (Lipinski definition) is 7. The number of hydrogen-bond donors (Lipinski definition) is 2. The van der Waals surface area contributed by atoms with E-state index in [-0.39, 0.29) is 33.7 Å². The molecule has 0 saturated carbocycles. The third-order valence-corrected chi connectivity index (χ3v) is 4.76. The number of esters is 1. The van der Waals surface area contributed by atoms with E-state index in [0.717, 1.165) is 0 Å². The van der Waals surface area contributed by atoms with Gasteiger partial charge in [-0.25, -0.2) is 4.98 Å². The predicted octanol–water partition coefficient (Wildman–Crippen LogP) is 4.95. The van der Waals surface area contributed by atoms with Gasteiger partial charge in [-0.3, -0.25) is 14.6 Å². The minimum Gasteiger partial charge on any atom is -0.494 e. The van der Waals surface area contributed by atoms with Gasteiger partial charge in [0.1, 0.15) is 29.2 Å². The first-order valence-corrected chi connectivity index (χ1v) is 10.4. The summed E-state index contributed by atoms with van der Waals surface area (Å²) >= 11 is 12.3. The summed E-state index contributed by atoms with van der Waals surface area (Å²) in [5.74, 6) is -0.323. The number of para-hydroxylation sites is 1. The zero-order chi connectivity index (χ0) is 23.5. The van der Waals surface area contributed by atoms with Crippen molar-refractivity contribution in [2.75, 3.05) is 24.3 Å². The van der Waals surface area contributed by atoms with Crippen molar-refractivity contribution in [1.29, 1.82) is 0 Å². The maximum Gasteiger partial charge on any atom is 0.325 e. The number of nitrogens with zero attached hydrogens (tertiary/aromatic N) is 2. The van der Waals surface area contributed by atoms with Crippen molar-refractivity contribution in [3.05, 3.63) is 52.3 Å². The fourth-order valence-corrected chi connectivity index (χ4v) is 3.35. The molecule has 0 saturated heterocycles. The number of nitrogens with one attached hydrogen (secondary N) is 2. The summed E-state index contributed by atoms with van der Waals surface area (Å²) in [6, 6.07) is 6.98. The molecule has 2 heterocycles. The smallest absolute Gasteiger partial charge is 0.325 e. The van der Waals surface area contributed by atoms with E-state index in [1.54, 1.807) is 45.0 Å². The van der Waals surface area contributed by atoms with Gasteiger partial charge in [0.15, 0.2) is 0 Å². The summed E-state index contributed by atoms with van der Waals surface area (Å²) in [4.78, 5) is 33.7. The van der Waals surface area contributed by atoms with Crippen LogP contribution in [0.15, 0.2) is 36.7 Å². The molecule has 3 rings (SSSR count). The molecule has 1 aromatic carbocycles. The highest BCUT2D eigenvalue weighted by Crippen LogP contribution is 2.31. The van der Waals surface area contributed by atoms with E-state index < -0.39 is 17.5 Å². The number of amides is 1. The van der Waals surface area contributed by atoms with Crippen LogP contribution in [0.2, 0.25) is 10.0 Å². The lowest BCUT2D eigenvalue weighted by Crippen LogP contribution is -2.29. The number of ether oxygens (including phenoxy) is 2. The van der Waals surface area contributed by atoms with E-state index in [1.165, 1.54) is 19.5 Å². The van der Waals surface area contributed by atoms with Crippen molar-refractivity contribution in [2.24, 2.45) is 0 Å². The van der Waals surface area contributed by atoms with Crippen molar-refractivity contribution >= 4 is 57.5 Å². The van der Waals surface area contributed by atoms with Gasteiger partial charge in [-0.05, 0) is 32.9 Å². The molecule has 2 aromatic heterocycles. The Hall–Kier alpha value is -3.10. The highest BCUT2D eigenvalue weighted by atomic mass is 35.5. The van der Waals surface area contributed by atoms with E-state index in [9.17, 15) is 9.59 Å². The van der Waals surface area contributed by atoms with Crippen LogP contribution in [0, 0.1) is 0 Å². The number of anilines is 2. The summed E-state index contributed by atoms with van der Waals surface area (Å²) < 4.78 is 10.7. The van der Waals surface area contributed by atoms with Crippen molar-refractivity contribution in [3.63, 3.8) is 0 Å². The summed E-state index contributed by atoms with van der Waals surface area (Å²) in [5.41, 5.74) is 0.280. The van der Waals surface area contributed by atoms with Gasteiger partial charge in [-0.15, -0.1) is 0 Å². The number of fused-ring (bicyclic) bond motifs is 1. The van der Waals surface area contributed by atoms with Crippen LogP contribution in [-0.4, -0.2) is 41.1 Å². The van der Waals surface area contributed by atoms with Crippen LogP contribution in [0.4, 0.5) is 11.5 Å². The Kier molecular flexibility index (Phi) is 7.06. The Morgan fingerprint density at radius 3 is 2.44 bits per heavy atom. The Bertz CT molecular complexity index is 1160. The second-order valence-corrected chi connectivity index (χ2v) is 8.60. The predicted molar refractivity (Wildman–Crippen MR) is 125 cm³/mol. The standard InChI is InChI=1S/C22H22Cl2N4O4/c1-22(2,3)32-17(29)11-26-20-13(8-12-6-5-7-16(31-4)18(12)27-20)21(30)28-19-14(23)9-25-10-15(19)24/h5-10H,11H2,1-4H3,(H,26,27)(H,25,28,30). The number of halogens is 2. The Labute approximate surface area is 195 Å². The van der Waals surface area contributed by atoms with Gasteiger partial charge in [0, 0.05) is 17.8 Å². The number of carbonyl (C=O) groups excluding carboxylic acids is 2. The van der Waals surface area contributed by atoms with Crippen LogP contribution in [0.1, 0.15) is 31.1 Å². The first-order chi connectivity index (χ1) is 15.1. The third kappa shape index (κ3) is 5.57. The lowest BCUT2D eigenvalue weighted by Gasteiger charge is -2.20. The molecule has 0 bridgehead atoms. The molecule has 3 aromatic rings. The molecule has 0 spiro atoms. The van der Waals surface area contributed by atoms with Gasteiger partial charge in [0.2, 0.25) is 0 Å². The van der Waals surface area contributed by atoms with Crippen LogP contribution in [0.5, 0.6) is 5.75 Å². The number of methoxy groups -OCH3 is 1. The van der Waals surface area contributed by atoms with E-state index in [1.807, 2.05) is 0 Å². The summed E-state index contributed by atoms with van der Waals surface area (Å²) in [5, 5.41) is 6.62. The lowest BCUT2D eigenvalue weighted by molar-refractivity contribution is -0.152. The van der Waals surface area contributed by atoms with Crippen LogP contribution < -0.4 is 15.4 Å². The lowest BCUT2D eigenvalue weighted by atomic mass is 10.1. The van der Waals surface area contributed by atoms with Crippen molar-refractivity contribution in [3.8, 4) is 5.75 Å². The molecule has 0 unspecified atom stereocenters. The van der Waals surface area contributed by atoms with E-state index in [0.29, 0.717) is 16.7 Å². The Morgan fingerprint density at radius 2 is 1.81 bits per heavy atom. The second kappa shape index (κ2) is 9.58. The molecule has 0 atom stereocenters. The number of rotatable bonds is 6. The molecular weight excluding hydrogens is 455 g/mol. The Morgan fingerprint density at radius 1 is 1.12 bits per heavy atom. The molecule has 0 fully saturated rings. The quantitative estimate of drug-likeness (QED) is 0.485. The van der Waals surface area contributed by atoms with Gasteiger partial charge < -0.3 is 20.1 Å². The number of benzene rings is 1. The molecule has 2 N–H and O–H groups in total. The van der Waals surface area contributed by atoms with E-state index in [4.69, 9.17) is 32.7 Å². The molecule has 32 heavy (non-hydrogen) atoms. The molecule has 8 nitrogen and oxygen atoms in total. The molecular formula is C22H22Cl2N4O4. The zero-order valence-corrected chi connectivity index (χ0v) is 19.5. The molecule has 168 valence electrons. The minimum atomic E-state index is -0.645. The average molecular weight is 477 g/mol. The fraction of sp³-hybridized carbons (Fsp3) is 0.273.